The van der Waals surface area contributed by atoms with Crippen molar-refractivity contribution < 1.29 is 14.7 Å². The van der Waals surface area contributed by atoms with Gasteiger partial charge in [-0.1, -0.05) is 6.08 Å². The number of hydrogen-bond acceptors (Lipinski definition) is 3. The molecule has 0 radical (unpaired) electrons. The SMILES string of the molecule is C=CCC(NC(=O)C1CCNC1C)C(=O)O. The van der Waals surface area contributed by atoms with Gasteiger partial charge in [0.15, 0.2) is 0 Å². The van der Waals surface area contributed by atoms with Gasteiger partial charge in [-0.3, -0.25) is 4.79 Å². The molecule has 0 aromatic carbocycles. The Hall–Kier alpha value is -1.36. The van der Waals surface area contributed by atoms with Crippen LogP contribution in [-0.2, 0) is 9.59 Å². The Kier molecular flexibility index (Phi) is 4.49. The molecule has 0 aromatic heterocycles. The molecule has 1 fully saturated rings. The third-order valence-electron chi connectivity index (χ3n) is 2.88. The lowest BCUT2D eigenvalue weighted by Crippen LogP contribution is -2.45. The average Bonchev–Trinajstić information content (AvgIpc) is 2.63. The Morgan fingerprint density at radius 2 is 2.38 bits per heavy atom. The van der Waals surface area contributed by atoms with E-state index in [0.717, 1.165) is 13.0 Å². The first-order valence-corrected chi connectivity index (χ1v) is 5.43. The normalized spacial score (nSPS) is 26.1. The van der Waals surface area contributed by atoms with Gasteiger partial charge < -0.3 is 15.7 Å². The lowest BCUT2D eigenvalue weighted by Gasteiger charge is -2.18. The minimum Gasteiger partial charge on any atom is -0.480 e. The minimum atomic E-state index is -1.02. The van der Waals surface area contributed by atoms with E-state index in [2.05, 4.69) is 17.2 Å². The molecule has 1 aliphatic rings. The second-order valence-corrected chi connectivity index (χ2v) is 4.06. The molecule has 90 valence electrons. The molecule has 1 saturated heterocycles. The van der Waals surface area contributed by atoms with Crippen molar-refractivity contribution in [2.75, 3.05) is 6.54 Å². The first kappa shape index (κ1) is 12.7. The van der Waals surface area contributed by atoms with E-state index in [9.17, 15) is 9.59 Å². The van der Waals surface area contributed by atoms with Gasteiger partial charge in [0.1, 0.15) is 6.04 Å². The summed E-state index contributed by atoms with van der Waals surface area (Å²) in [6.07, 6.45) is 2.50. The Balaban J connectivity index is 2.53. The highest BCUT2D eigenvalue weighted by molar-refractivity contribution is 5.85. The fourth-order valence-electron chi connectivity index (χ4n) is 1.88. The number of nitrogens with one attached hydrogen (secondary N) is 2. The van der Waals surface area contributed by atoms with Crippen molar-refractivity contribution in [3.63, 3.8) is 0 Å². The average molecular weight is 226 g/mol. The highest BCUT2D eigenvalue weighted by Crippen LogP contribution is 2.15. The number of rotatable bonds is 5. The Labute approximate surface area is 94.9 Å². The van der Waals surface area contributed by atoms with Gasteiger partial charge in [-0.05, 0) is 26.3 Å². The van der Waals surface area contributed by atoms with E-state index < -0.39 is 12.0 Å². The van der Waals surface area contributed by atoms with Gasteiger partial charge in [-0.15, -0.1) is 6.58 Å². The first-order chi connectivity index (χ1) is 7.56. The van der Waals surface area contributed by atoms with Crippen LogP contribution in [0.1, 0.15) is 19.8 Å². The predicted octanol–water partition coefficient (Wildman–Crippen LogP) is 0.130. The minimum absolute atomic E-state index is 0.109. The molecule has 16 heavy (non-hydrogen) atoms. The highest BCUT2D eigenvalue weighted by atomic mass is 16.4. The third-order valence-corrected chi connectivity index (χ3v) is 2.88. The molecule has 0 aliphatic carbocycles. The lowest BCUT2D eigenvalue weighted by molar-refractivity contribution is -0.142. The molecule has 5 heteroatoms. The van der Waals surface area contributed by atoms with Gasteiger partial charge in [-0.25, -0.2) is 4.79 Å². The van der Waals surface area contributed by atoms with Crippen LogP contribution in [0.2, 0.25) is 0 Å². The molecule has 1 rings (SSSR count). The molecule has 3 N–H and O–H groups in total. The Morgan fingerprint density at radius 1 is 1.69 bits per heavy atom. The fraction of sp³-hybridized carbons (Fsp3) is 0.636. The van der Waals surface area contributed by atoms with Crippen LogP contribution in [-0.4, -0.2) is 35.6 Å². The van der Waals surface area contributed by atoms with E-state index in [1.807, 2.05) is 6.92 Å². The van der Waals surface area contributed by atoms with Crippen LogP contribution in [0.15, 0.2) is 12.7 Å². The monoisotopic (exact) mass is 226 g/mol. The second-order valence-electron chi connectivity index (χ2n) is 4.06. The van der Waals surface area contributed by atoms with Crippen molar-refractivity contribution >= 4 is 11.9 Å². The molecule has 1 amide bonds. The van der Waals surface area contributed by atoms with E-state index in [0.29, 0.717) is 0 Å². The molecule has 5 nitrogen and oxygen atoms in total. The molecule has 3 unspecified atom stereocenters. The molecule has 1 heterocycles. The van der Waals surface area contributed by atoms with Crippen LogP contribution >= 0.6 is 0 Å². The standard InChI is InChI=1S/C11H18N2O3/c1-3-4-9(11(15)16)13-10(14)8-5-6-12-7(8)2/h3,7-9,12H,1,4-6H2,2H3,(H,13,14)(H,15,16). The molecule has 0 spiro atoms. The molecule has 0 aromatic rings. The van der Waals surface area contributed by atoms with Crippen LogP contribution < -0.4 is 10.6 Å². The van der Waals surface area contributed by atoms with Crippen LogP contribution in [0, 0.1) is 5.92 Å². The lowest BCUT2D eigenvalue weighted by atomic mass is 10.0. The Bertz CT molecular complexity index is 291. The van der Waals surface area contributed by atoms with Gasteiger partial charge in [0.05, 0.1) is 5.92 Å². The molecular formula is C11H18N2O3. The van der Waals surface area contributed by atoms with Gasteiger partial charge in [0.2, 0.25) is 5.91 Å². The summed E-state index contributed by atoms with van der Waals surface area (Å²) in [6, 6.07) is -0.754. The summed E-state index contributed by atoms with van der Waals surface area (Å²) in [5.74, 6) is -1.34. The number of carboxylic acid groups (broad SMARTS) is 1. The summed E-state index contributed by atoms with van der Waals surface area (Å²) in [6.45, 7) is 6.21. The summed E-state index contributed by atoms with van der Waals surface area (Å²) in [7, 11) is 0. The predicted molar refractivity (Wildman–Crippen MR) is 60.0 cm³/mol. The summed E-state index contributed by atoms with van der Waals surface area (Å²) in [4.78, 5) is 22.6. The van der Waals surface area contributed by atoms with Crippen LogP contribution in [0.4, 0.5) is 0 Å². The zero-order valence-electron chi connectivity index (χ0n) is 9.40. The Morgan fingerprint density at radius 3 is 2.81 bits per heavy atom. The molecule has 0 bridgehead atoms. The second kappa shape index (κ2) is 5.65. The number of amides is 1. The van der Waals surface area contributed by atoms with Gasteiger partial charge in [0.25, 0.3) is 0 Å². The third kappa shape index (κ3) is 3.06. The first-order valence-electron chi connectivity index (χ1n) is 5.43. The smallest absolute Gasteiger partial charge is 0.326 e. The van der Waals surface area contributed by atoms with Crippen molar-refractivity contribution in [2.24, 2.45) is 5.92 Å². The summed E-state index contributed by atoms with van der Waals surface area (Å²) >= 11 is 0. The topological polar surface area (TPSA) is 78.4 Å². The van der Waals surface area contributed by atoms with Crippen LogP contribution in [0.25, 0.3) is 0 Å². The number of carboxylic acids is 1. The maximum absolute atomic E-state index is 11.8. The van der Waals surface area contributed by atoms with E-state index in [1.165, 1.54) is 6.08 Å². The number of aliphatic carboxylic acids is 1. The van der Waals surface area contributed by atoms with Crippen molar-refractivity contribution in [2.45, 2.75) is 31.8 Å². The number of carbonyl (C=O) groups is 2. The number of hydrogen-bond donors (Lipinski definition) is 3. The van der Waals surface area contributed by atoms with E-state index in [-0.39, 0.29) is 24.3 Å². The van der Waals surface area contributed by atoms with Crippen LogP contribution in [0.5, 0.6) is 0 Å². The van der Waals surface area contributed by atoms with Gasteiger partial charge in [-0.2, -0.15) is 0 Å². The molecule has 1 aliphatic heterocycles. The summed E-state index contributed by atoms with van der Waals surface area (Å²) in [5, 5.41) is 14.6. The summed E-state index contributed by atoms with van der Waals surface area (Å²) in [5.41, 5.74) is 0. The quantitative estimate of drug-likeness (QED) is 0.582. The molecule has 3 atom stereocenters. The summed E-state index contributed by atoms with van der Waals surface area (Å²) < 4.78 is 0. The zero-order valence-corrected chi connectivity index (χ0v) is 9.40. The van der Waals surface area contributed by atoms with Gasteiger partial charge >= 0.3 is 5.97 Å². The maximum atomic E-state index is 11.8. The van der Waals surface area contributed by atoms with E-state index in [1.54, 1.807) is 0 Å². The van der Waals surface area contributed by atoms with E-state index >= 15 is 0 Å². The van der Waals surface area contributed by atoms with E-state index in [4.69, 9.17) is 5.11 Å². The van der Waals surface area contributed by atoms with Gasteiger partial charge in [0, 0.05) is 6.04 Å². The van der Waals surface area contributed by atoms with Crippen molar-refractivity contribution in [1.29, 1.82) is 0 Å². The fourth-order valence-corrected chi connectivity index (χ4v) is 1.88. The maximum Gasteiger partial charge on any atom is 0.326 e. The van der Waals surface area contributed by atoms with Crippen molar-refractivity contribution in [3.05, 3.63) is 12.7 Å². The molecular weight excluding hydrogens is 208 g/mol. The molecule has 0 saturated carbocycles. The highest BCUT2D eigenvalue weighted by Gasteiger charge is 2.31. The van der Waals surface area contributed by atoms with Crippen LogP contribution in [0.3, 0.4) is 0 Å². The van der Waals surface area contributed by atoms with Crippen molar-refractivity contribution in [3.8, 4) is 0 Å². The largest absolute Gasteiger partial charge is 0.480 e. The van der Waals surface area contributed by atoms with Crippen molar-refractivity contribution in [1.82, 2.24) is 10.6 Å². The number of carbonyl (C=O) groups excluding carboxylic acids is 1. The zero-order chi connectivity index (χ0) is 12.1.